The fourth-order valence-corrected chi connectivity index (χ4v) is 3.28. The Morgan fingerprint density at radius 1 is 1.71 bits per heavy atom. The lowest BCUT2D eigenvalue weighted by Crippen LogP contribution is -2.35. The van der Waals surface area contributed by atoms with Crippen LogP contribution in [0.3, 0.4) is 0 Å². The monoisotopic (exact) mass is 211 g/mol. The minimum atomic E-state index is -0.466. The summed E-state index contributed by atoms with van der Waals surface area (Å²) in [4.78, 5) is 4.25. The molecule has 1 saturated carbocycles. The van der Waals surface area contributed by atoms with E-state index in [2.05, 4.69) is 11.9 Å². The molecule has 78 valence electrons. The van der Waals surface area contributed by atoms with Gasteiger partial charge in [-0.05, 0) is 18.8 Å². The third kappa shape index (κ3) is 1.84. The highest BCUT2D eigenvalue weighted by molar-refractivity contribution is 7.09. The normalized spacial score (nSPS) is 32.3. The van der Waals surface area contributed by atoms with Crippen LogP contribution in [-0.4, -0.2) is 15.7 Å². The van der Waals surface area contributed by atoms with E-state index in [0.29, 0.717) is 5.92 Å². The molecule has 0 saturated heterocycles. The van der Waals surface area contributed by atoms with E-state index in [9.17, 15) is 5.11 Å². The van der Waals surface area contributed by atoms with Crippen LogP contribution in [0.2, 0.25) is 0 Å². The van der Waals surface area contributed by atoms with Crippen molar-refractivity contribution in [3.05, 3.63) is 16.6 Å². The number of aliphatic hydroxyl groups is 1. The SMILES string of the molecule is CCC1CCCC1(O)Cc1nccs1. The maximum atomic E-state index is 10.5. The maximum Gasteiger partial charge on any atom is 0.0953 e. The summed E-state index contributed by atoms with van der Waals surface area (Å²) in [6.45, 7) is 2.17. The molecule has 1 aromatic rings. The number of nitrogens with zero attached hydrogens (tertiary/aromatic N) is 1. The molecule has 0 spiro atoms. The van der Waals surface area contributed by atoms with Crippen LogP contribution in [0.1, 0.15) is 37.6 Å². The van der Waals surface area contributed by atoms with E-state index >= 15 is 0 Å². The summed E-state index contributed by atoms with van der Waals surface area (Å²) in [5, 5.41) is 13.5. The Balaban J connectivity index is 2.08. The summed E-state index contributed by atoms with van der Waals surface area (Å²) in [6, 6.07) is 0. The Morgan fingerprint density at radius 3 is 3.21 bits per heavy atom. The van der Waals surface area contributed by atoms with Crippen molar-refractivity contribution in [2.75, 3.05) is 0 Å². The van der Waals surface area contributed by atoms with Gasteiger partial charge in [-0.15, -0.1) is 11.3 Å². The van der Waals surface area contributed by atoms with Crippen LogP contribution in [0.5, 0.6) is 0 Å². The van der Waals surface area contributed by atoms with Gasteiger partial charge in [-0.3, -0.25) is 0 Å². The Morgan fingerprint density at radius 2 is 2.57 bits per heavy atom. The summed E-state index contributed by atoms with van der Waals surface area (Å²) < 4.78 is 0. The first kappa shape index (κ1) is 10.1. The smallest absolute Gasteiger partial charge is 0.0953 e. The van der Waals surface area contributed by atoms with Crippen molar-refractivity contribution in [3.63, 3.8) is 0 Å². The summed E-state index contributed by atoms with van der Waals surface area (Å²) in [6.07, 6.45) is 6.95. The molecule has 1 aliphatic rings. The van der Waals surface area contributed by atoms with Crippen molar-refractivity contribution in [2.24, 2.45) is 5.92 Å². The van der Waals surface area contributed by atoms with Gasteiger partial charge in [-0.2, -0.15) is 0 Å². The molecule has 0 amide bonds. The van der Waals surface area contributed by atoms with Crippen LogP contribution in [0.15, 0.2) is 11.6 Å². The highest BCUT2D eigenvalue weighted by Crippen LogP contribution is 2.40. The van der Waals surface area contributed by atoms with Crippen LogP contribution in [0.4, 0.5) is 0 Å². The topological polar surface area (TPSA) is 33.1 Å². The lowest BCUT2D eigenvalue weighted by molar-refractivity contribution is 0.00143. The average molecular weight is 211 g/mol. The van der Waals surface area contributed by atoms with E-state index in [1.807, 2.05) is 11.6 Å². The molecule has 3 heteroatoms. The molecule has 1 N–H and O–H groups in total. The van der Waals surface area contributed by atoms with E-state index < -0.39 is 5.60 Å². The highest BCUT2D eigenvalue weighted by Gasteiger charge is 2.40. The first-order chi connectivity index (χ1) is 6.74. The van der Waals surface area contributed by atoms with Gasteiger partial charge < -0.3 is 5.11 Å². The first-order valence-corrected chi connectivity index (χ1v) is 6.23. The molecular weight excluding hydrogens is 194 g/mol. The molecule has 2 unspecified atom stereocenters. The summed E-state index contributed by atoms with van der Waals surface area (Å²) in [5.74, 6) is 0.478. The molecule has 0 aromatic carbocycles. The lowest BCUT2D eigenvalue weighted by atomic mass is 9.86. The zero-order valence-corrected chi connectivity index (χ0v) is 9.39. The molecule has 1 aromatic heterocycles. The summed E-state index contributed by atoms with van der Waals surface area (Å²) in [7, 11) is 0. The van der Waals surface area contributed by atoms with Crippen molar-refractivity contribution in [3.8, 4) is 0 Å². The molecule has 1 heterocycles. The standard InChI is InChI=1S/C11H17NOS/c1-2-9-4-3-5-11(9,13)8-10-12-6-7-14-10/h6-7,9,13H,2-5,8H2,1H3. The van der Waals surface area contributed by atoms with Crippen LogP contribution < -0.4 is 0 Å². The molecule has 2 atom stereocenters. The van der Waals surface area contributed by atoms with Gasteiger partial charge in [0.25, 0.3) is 0 Å². The molecule has 1 aliphatic carbocycles. The van der Waals surface area contributed by atoms with E-state index in [4.69, 9.17) is 0 Å². The van der Waals surface area contributed by atoms with Gasteiger partial charge >= 0.3 is 0 Å². The minimum Gasteiger partial charge on any atom is -0.389 e. The van der Waals surface area contributed by atoms with Crippen LogP contribution in [0, 0.1) is 5.92 Å². The second-order valence-electron chi connectivity index (χ2n) is 4.20. The fourth-order valence-electron chi connectivity index (χ4n) is 2.55. The quantitative estimate of drug-likeness (QED) is 0.833. The third-order valence-electron chi connectivity index (χ3n) is 3.36. The average Bonchev–Trinajstić information content (AvgIpc) is 2.75. The van der Waals surface area contributed by atoms with Crippen molar-refractivity contribution in [2.45, 2.75) is 44.6 Å². The van der Waals surface area contributed by atoms with Crippen LogP contribution in [0.25, 0.3) is 0 Å². The minimum absolute atomic E-state index is 0.466. The van der Waals surface area contributed by atoms with Gasteiger partial charge in [0.1, 0.15) is 0 Å². The second-order valence-corrected chi connectivity index (χ2v) is 5.18. The molecule has 2 rings (SSSR count). The van der Waals surface area contributed by atoms with Crippen molar-refractivity contribution >= 4 is 11.3 Å². The van der Waals surface area contributed by atoms with Crippen LogP contribution >= 0.6 is 11.3 Å². The Bertz CT molecular complexity index is 285. The van der Waals surface area contributed by atoms with Crippen molar-refractivity contribution in [1.29, 1.82) is 0 Å². The second kappa shape index (κ2) is 3.99. The Kier molecular flexibility index (Phi) is 2.88. The van der Waals surface area contributed by atoms with Gasteiger partial charge in [0.05, 0.1) is 10.6 Å². The molecule has 14 heavy (non-hydrogen) atoms. The van der Waals surface area contributed by atoms with Gasteiger partial charge in [-0.1, -0.05) is 19.8 Å². The lowest BCUT2D eigenvalue weighted by Gasteiger charge is -2.28. The first-order valence-electron chi connectivity index (χ1n) is 5.35. The highest BCUT2D eigenvalue weighted by atomic mass is 32.1. The number of rotatable bonds is 3. The molecule has 2 nitrogen and oxygen atoms in total. The van der Waals surface area contributed by atoms with Gasteiger partial charge in [0, 0.05) is 18.0 Å². The Hall–Kier alpha value is -0.410. The number of thiazole rings is 1. The molecule has 1 fully saturated rings. The van der Waals surface area contributed by atoms with Crippen LogP contribution in [-0.2, 0) is 6.42 Å². The largest absolute Gasteiger partial charge is 0.389 e. The van der Waals surface area contributed by atoms with Gasteiger partial charge in [-0.25, -0.2) is 4.98 Å². The summed E-state index contributed by atoms with van der Waals surface area (Å²) >= 11 is 1.65. The van der Waals surface area contributed by atoms with Crippen molar-refractivity contribution < 1.29 is 5.11 Å². The number of hydrogen-bond acceptors (Lipinski definition) is 3. The fraction of sp³-hybridized carbons (Fsp3) is 0.727. The van der Waals surface area contributed by atoms with Crippen molar-refractivity contribution in [1.82, 2.24) is 4.98 Å². The third-order valence-corrected chi connectivity index (χ3v) is 4.14. The maximum absolute atomic E-state index is 10.5. The number of hydrogen-bond donors (Lipinski definition) is 1. The molecule has 0 bridgehead atoms. The van der Waals surface area contributed by atoms with E-state index in [0.717, 1.165) is 24.3 Å². The number of aromatic nitrogens is 1. The van der Waals surface area contributed by atoms with E-state index in [-0.39, 0.29) is 0 Å². The van der Waals surface area contributed by atoms with E-state index in [1.54, 1.807) is 11.3 Å². The predicted molar refractivity (Wildman–Crippen MR) is 58.4 cm³/mol. The molecular formula is C11H17NOS. The molecule has 0 radical (unpaired) electrons. The van der Waals surface area contributed by atoms with Gasteiger partial charge in [0.15, 0.2) is 0 Å². The van der Waals surface area contributed by atoms with E-state index in [1.165, 1.54) is 12.8 Å². The van der Waals surface area contributed by atoms with Gasteiger partial charge in [0.2, 0.25) is 0 Å². The molecule has 0 aliphatic heterocycles. The zero-order valence-electron chi connectivity index (χ0n) is 8.57. The Labute approximate surface area is 89.0 Å². The zero-order chi connectivity index (χ0) is 10.0. The predicted octanol–water partition coefficient (Wildman–Crippen LogP) is 2.63. The summed E-state index contributed by atoms with van der Waals surface area (Å²) in [5.41, 5.74) is -0.466.